The van der Waals surface area contributed by atoms with Crippen LogP contribution >= 0.6 is 0 Å². The second-order valence-electron chi connectivity index (χ2n) is 7.12. The van der Waals surface area contributed by atoms with Crippen LogP contribution in [-0.2, 0) is 24.3 Å². The fraction of sp³-hybridized carbons (Fsp3) is 0.364. The Morgan fingerprint density at radius 3 is 2.62 bits per heavy atom. The van der Waals surface area contributed by atoms with E-state index in [-0.39, 0.29) is 23.7 Å². The number of benzene rings is 1. The van der Waals surface area contributed by atoms with E-state index < -0.39 is 0 Å². The summed E-state index contributed by atoms with van der Waals surface area (Å²) in [7, 11) is 0. The molecule has 0 saturated carbocycles. The molecule has 0 unspecified atom stereocenters. The lowest BCUT2D eigenvalue weighted by atomic mass is 10.1. The summed E-state index contributed by atoms with van der Waals surface area (Å²) in [6.45, 7) is 7.07. The molecule has 1 amide bonds. The van der Waals surface area contributed by atoms with E-state index in [9.17, 15) is 9.59 Å². The molecule has 3 rings (SSSR count). The molecule has 152 valence electrons. The summed E-state index contributed by atoms with van der Waals surface area (Å²) >= 11 is 0. The maximum Gasteiger partial charge on any atom is 0.261 e. The molecule has 0 aliphatic heterocycles. The highest BCUT2D eigenvalue weighted by atomic mass is 16.5. The number of pyridine rings is 1. The first-order chi connectivity index (χ1) is 14.0. The van der Waals surface area contributed by atoms with Gasteiger partial charge in [-0.1, -0.05) is 41.9 Å². The third-order valence-electron chi connectivity index (χ3n) is 4.72. The third kappa shape index (κ3) is 5.19. The Kier molecular flexibility index (Phi) is 6.59. The lowest BCUT2D eigenvalue weighted by Gasteiger charge is -2.09. The van der Waals surface area contributed by atoms with Crippen LogP contribution in [0.4, 0.5) is 0 Å². The Hall–Kier alpha value is -3.22. The molecule has 0 aliphatic rings. The number of hydrogen-bond acceptors (Lipinski definition) is 5. The van der Waals surface area contributed by atoms with Gasteiger partial charge in [-0.3, -0.25) is 9.59 Å². The predicted molar refractivity (Wildman–Crippen MR) is 110 cm³/mol. The van der Waals surface area contributed by atoms with Gasteiger partial charge in [0.25, 0.3) is 5.56 Å². The van der Waals surface area contributed by atoms with E-state index >= 15 is 0 Å². The van der Waals surface area contributed by atoms with E-state index in [0.29, 0.717) is 31.0 Å². The summed E-state index contributed by atoms with van der Waals surface area (Å²) in [6.07, 6.45) is 1.42. The van der Waals surface area contributed by atoms with Crippen LogP contribution in [0, 0.1) is 13.8 Å². The molecule has 1 N–H and O–H groups in total. The van der Waals surface area contributed by atoms with Crippen molar-refractivity contribution >= 4 is 5.91 Å². The van der Waals surface area contributed by atoms with E-state index in [1.54, 1.807) is 10.6 Å². The number of amides is 1. The number of hydrogen-bond donors (Lipinski definition) is 1. The molecule has 0 spiro atoms. The zero-order valence-corrected chi connectivity index (χ0v) is 17.1. The summed E-state index contributed by atoms with van der Waals surface area (Å²) in [5, 5.41) is 6.81. The highest BCUT2D eigenvalue weighted by Gasteiger charge is 2.15. The fourth-order valence-corrected chi connectivity index (χ4v) is 3.02. The monoisotopic (exact) mass is 394 g/mol. The molecule has 0 radical (unpaired) electrons. The van der Waals surface area contributed by atoms with E-state index in [1.807, 2.05) is 51.1 Å². The number of carbonyl (C=O) groups excluding carboxylic acids is 1. The lowest BCUT2D eigenvalue weighted by Crippen LogP contribution is -2.23. The number of rotatable bonds is 8. The van der Waals surface area contributed by atoms with E-state index in [0.717, 1.165) is 17.7 Å². The molecule has 0 fully saturated rings. The number of nitrogens with one attached hydrogen (secondary N) is 1. The second kappa shape index (κ2) is 9.32. The van der Waals surface area contributed by atoms with Crippen molar-refractivity contribution in [1.29, 1.82) is 0 Å². The molecule has 0 atom stereocenters. The minimum Gasteiger partial charge on any atom is -0.352 e. The van der Waals surface area contributed by atoms with Gasteiger partial charge in [-0.25, -0.2) is 0 Å². The summed E-state index contributed by atoms with van der Waals surface area (Å²) in [4.78, 5) is 29.1. The minimum atomic E-state index is -0.130. The molecular weight excluding hydrogens is 368 g/mol. The standard InChI is InChI=1S/C22H26N4O3/c1-4-13-26-16(3)7-10-18(22(26)28)21-24-20(29-25-21)12-11-19(27)23-14-17-8-5-15(2)6-9-17/h5-10H,4,11-14H2,1-3H3,(H,23,27). The van der Waals surface area contributed by atoms with Crippen molar-refractivity contribution < 1.29 is 9.32 Å². The minimum absolute atomic E-state index is 0.0917. The Morgan fingerprint density at radius 1 is 1.14 bits per heavy atom. The number of aromatic nitrogens is 3. The van der Waals surface area contributed by atoms with Crippen LogP contribution < -0.4 is 10.9 Å². The Balaban J connectivity index is 1.59. The Bertz CT molecular complexity index is 1030. The Morgan fingerprint density at radius 2 is 1.90 bits per heavy atom. The summed E-state index contributed by atoms with van der Waals surface area (Å²) in [6, 6.07) is 11.6. The molecule has 3 aromatic rings. The molecule has 2 heterocycles. The van der Waals surface area contributed by atoms with Gasteiger partial charge < -0.3 is 14.4 Å². The molecule has 0 aliphatic carbocycles. The lowest BCUT2D eigenvalue weighted by molar-refractivity contribution is -0.121. The molecule has 1 aromatic carbocycles. The van der Waals surface area contributed by atoms with Gasteiger partial charge >= 0.3 is 0 Å². The van der Waals surface area contributed by atoms with Crippen molar-refractivity contribution in [3.8, 4) is 11.4 Å². The molecule has 0 bridgehead atoms. The van der Waals surface area contributed by atoms with Crippen LogP contribution in [0.15, 0.2) is 45.7 Å². The van der Waals surface area contributed by atoms with Crippen LogP contribution in [0.2, 0.25) is 0 Å². The van der Waals surface area contributed by atoms with E-state index in [1.165, 1.54) is 5.56 Å². The van der Waals surface area contributed by atoms with Crippen LogP contribution in [0.5, 0.6) is 0 Å². The molecule has 7 nitrogen and oxygen atoms in total. The average Bonchev–Trinajstić information content (AvgIpc) is 3.18. The smallest absolute Gasteiger partial charge is 0.261 e. The second-order valence-corrected chi connectivity index (χ2v) is 7.12. The Labute approximate surface area is 169 Å². The maximum atomic E-state index is 12.7. The highest BCUT2D eigenvalue weighted by molar-refractivity contribution is 5.76. The van der Waals surface area contributed by atoms with Crippen LogP contribution in [0.3, 0.4) is 0 Å². The van der Waals surface area contributed by atoms with Gasteiger partial charge in [0.15, 0.2) is 0 Å². The first-order valence-electron chi connectivity index (χ1n) is 9.83. The number of nitrogens with zero attached hydrogens (tertiary/aromatic N) is 3. The van der Waals surface area contributed by atoms with Crippen molar-refractivity contribution in [2.24, 2.45) is 0 Å². The molecule has 0 saturated heterocycles. The van der Waals surface area contributed by atoms with E-state index in [4.69, 9.17) is 4.52 Å². The van der Waals surface area contributed by atoms with Crippen LogP contribution in [0.25, 0.3) is 11.4 Å². The molecule has 2 aromatic heterocycles. The maximum absolute atomic E-state index is 12.7. The first kappa shape index (κ1) is 20.5. The third-order valence-corrected chi connectivity index (χ3v) is 4.72. The van der Waals surface area contributed by atoms with Crippen LogP contribution in [-0.4, -0.2) is 20.6 Å². The quantitative estimate of drug-likeness (QED) is 0.634. The zero-order valence-electron chi connectivity index (χ0n) is 17.1. The van der Waals surface area contributed by atoms with Crippen molar-refractivity contribution in [2.45, 2.75) is 53.1 Å². The fourth-order valence-electron chi connectivity index (χ4n) is 3.02. The van der Waals surface area contributed by atoms with Gasteiger partial charge in [0.05, 0.1) is 5.56 Å². The summed E-state index contributed by atoms with van der Waals surface area (Å²) < 4.78 is 6.95. The van der Waals surface area contributed by atoms with Crippen molar-refractivity contribution in [3.05, 3.63) is 69.5 Å². The normalized spacial score (nSPS) is 10.9. The van der Waals surface area contributed by atoms with Crippen LogP contribution in [0.1, 0.15) is 42.5 Å². The van der Waals surface area contributed by atoms with Crippen molar-refractivity contribution in [2.75, 3.05) is 0 Å². The predicted octanol–water partition coefficient (Wildman–Crippen LogP) is 3.17. The first-order valence-corrected chi connectivity index (χ1v) is 9.83. The van der Waals surface area contributed by atoms with Gasteiger partial charge in [0.1, 0.15) is 0 Å². The van der Waals surface area contributed by atoms with Gasteiger partial charge in [-0.05, 0) is 38.0 Å². The van der Waals surface area contributed by atoms with Crippen molar-refractivity contribution in [3.63, 3.8) is 0 Å². The number of carbonyl (C=O) groups is 1. The average molecular weight is 394 g/mol. The van der Waals surface area contributed by atoms with E-state index in [2.05, 4.69) is 15.5 Å². The molecule has 7 heteroatoms. The van der Waals surface area contributed by atoms with Gasteiger partial charge in [0, 0.05) is 31.6 Å². The van der Waals surface area contributed by atoms with Gasteiger partial charge in [-0.15, -0.1) is 0 Å². The molecule has 29 heavy (non-hydrogen) atoms. The largest absolute Gasteiger partial charge is 0.352 e. The summed E-state index contributed by atoms with van der Waals surface area (Å²) in [5.74, 6) is 0.508. The highest BCUT2D eigenvalue weighted by Crippen LogP contribution is 2.13. The van der Waals surface area contributed by atoms with Crippen molar-refractivity contribution in [1.82, 2.24) is 20.0 Å². The number of aryl methyl sites for hydroxylation is 3. The topological polar surface area (TPSA) is 90.0 Å². The molecular formula is C22H26N4O3. The SMILES string of the molecule is CCCn1c(C)ccc(-c2noc(CCC(=O)NCc3ccc(C)cc3)n2)c1=O. The van der Waals surface area contributed by atoms with Gasteiger partial charge in [-0.2, -0.15) is 4.98 Å². The summed E-state index contributed by atoms with van der Waals surface area (Å²) in [5.41, 5.74) is 3.40. The zero-order chi connectivity index (χ0) is 20.8. The van der Waals surface area contributed by atoms with Gasteiger partial charge in [0.2, 0.25) is 17.6 Å².